The number of hydrogen-bond donors (Lipinski definition) is 2. The highest BCUT2D eigenvalue weighted by molar-refractivity contribution is 9.10. The number of hydrogen-bond acceptors (Lipinski definition) is 4. The number of pyridine rings is 1. The number of halogens is 1. The molecule has 110 valence electrons. The lowest BCUT2D eigenvalue weighted by atomic mass is 9.97. The largest absolute Gasteiger partial charge is 0.355 e. The maximum Gasteiger partial charge on any atom is 0.224 e. The second-order valence-electron chi connectivity index (χ2n) is 5.12. The fourth-order valence-corrected chi connectivity index (χ4v) is 2.72. The van der Waals surface area contributed by atoms with E-state index in [0.717, 1.165) is 42.6 Å². The summed E-state index contributed by atoms with van der Waals surface area (Å²) in [7, 11) is 0. The topological polar surface area (TPSA) is 71.2 Å². The molecule has 1 aromatic rings. The van der Waals surface area contributed by atoms with E-state index in [-0.39, 0.29) is 11.8 Å². The molecule has 1 aromatic heterocycles. The summed E-state index contributed by atoms with van der Waals surface area (Å²) in [6, 6.07) is 4.01. The Morgan fingerprint density at radius 3 is 3.10 bits per heavy atom. The number of piperidine rings is 1. The Kier molecular flexibility index (Phi) is 5.94. The SMILES string of the molecule is NCCNC(=O)C1CCCN(Cc2ccc(Br)cn2)C1. The first-order chi connectivity index (χ1) is 9.69. The van der Waals surface area contributed by atoms with E-state index in [1.54, 1.807) is 0 Å². The number of amides is 1. The second-order valence-corrected chi connectivity index (χ2v) is 6.04. The minimum absolute atomic E-state index is 0.0748. The molecule has 1 aliphatic heterocycles. The molecular formula is C14H21BrN4O. The summed E-state index contributed by atoms with van der Waals surface area (Å²) in [4.78, 5) is 18.7. The number of carbonyl (C=O) groups is 1. The van der Waals surface area contributed by atoms with Gasteiger partial charge in [0, 0.05) is 36.8 Å². The molecular weight excluding hydrogens is 320 g/mol. The van der Waals surface area contributed by atoms with Crippen LogP contribution in [0, 0.1) is 5.92 Å². The average molecular weight is 341 g/mol. The van der Waals surface area contributed by atoms with E-state index < -0.39 is 0 Å². The molecule has 1 amide bonds. The molecule has 5 nitrogen and oxygen atoms in total. The van der Waals surface area contributed by atoms with Crippen molar-refractivity contribution in [1.29, 1.82) is 0 Å². The fourth-order valence-electron chi connectivity index (χ4n) is 2.48. The number of nitrogens with one attached hydrogen (secondary N) is 1. The highest BCUT2D eigenvalue weighted by Crippen LogP contribution is 2.18. The van der Waals surface area contributed by atoms with Gasteiger partial charge in [-0.15, -0.1) is 0 Å². The van der Waals surface area contributed by atoms with Crippen molar-refractivity contribution in [2.75, 3.05) is 26.2 Å². The maximum absolute atomic E-state index is 12.0. The molecule has 0 bridgehead atoms. The number of rotatable bonds is 5. The third-order valence-corrected chi connectivity index (χ3v) is 3.96. The van der Waals surface area contributed by atoms with Gasteiger partial charge in [-0.1, -0.05) is 0 Å². The molecule has 2 heterocycles. The summed E-state index contributed by atoms with van der Waals surface area (Å²) >= 11 is 3.38. The van der Waals surface area contributed by atoms with E-state index in [9.17, 15) is 4.79 Å². The van der Waals surface area contributed by atoms with Gasteiger partial charge >= 0.3 is 0 Å². The van der Waals surface area contributed by atoms with Crippen molar-refractivity contribution < 1.29 is 4.79 Å². The Hall–Kier alpha value is -0.980. The highest BCUT2D eigenvalue weighted by atomic mass is 79.9. The molecule has 3 N–H and O–H groups in total. The Balaban J connectivity index is 1.86. The molecule has 0 aliphatic carbocycles. The van der Waals surface area contributed by atoms with E-state index >= 15 is 0 Å². The van der Waals surface area contributed by atoms with Crippen molar-refractivity contribution in [3.63, 3.8) is 0 Å². The van der Waals surface area contributed by atoms with Crippen LogP contribution in [0.4, 0.5) is 0 Å². The number of aromatic nitrogens is 1. The van der Waals surface area contributed by atoms with E-state index in [2.05, 4.69) is 31.1 Å². The van der Waals surface area contributed by atoms with Gasteiger partial charge in [0.2, 0.25) is 5.91 Å². The molecule has 6 heteroatoms. The lowest BCUT2D eigenvalue weighted by Crippen LogP contribution is -2.43. The van der Waals surface area contributed by atoms with E-state index in [1.165, 1.54) is 0 Å². The van der Waals surface area contributed by atoms with Crippen molar-refractivity contribution >= 4 is 21.8 Å². The molecule has 0 aromatic carbocycles. The fraction of sp³-hybridized carbons (Fsp3) is 0.571. The van der Waals surface area contributed by atoms with E-state index in [0.29, 0.717) is 13.1 Å². The highest BCUT2D eigenvalue weighted by Gasteiger charge is 2.25. The first-order valence-corrected chi connectivity index (χ1v) is 7.79. The van der Waals surface area contributed by atoms with Gasteiger partial charge < -0.3 is 11.1 Å². The van der Waals surface area contributed by atoms with Gasteiger partial charge in [-0.3, -0.25) is 14.7 Å². The zero-order valence-electron chi connectivity index (χ0n) is 11.5. The van der Waals surface area contributed by atoms with Gasteiger partial charge in [0.05, 0.1) is 11.6 Å². The second kappa shape index (κ2) is 7.71. The van der Waals surface area contributed by atoms with Crippen LogP contribution in [0.2, 0.25) is 0 Å². The standard InChI is InChI=1S/C14H21BrN4O/c15-12-3-4-13(18-8-12)10-19-7-1-2-11(9-19)14(20)17-6-5-16/h3-4,8,11H,1-2,5-7,9-10,16H2,(H,17,20). The minimum atomic E-state index is 0.0748. The minimum Gasteiger partial charge on any atom is -0.355 e. The van der Waals surface area contributed by atoms with E-state index in [4.69, 9.17) is 5.73 Å². The van der Waals surface area contributed by atoms with E-state index in [1.807, 2.05) is 18.3 Å². The number of likely N-dealkylation sites (tertiary alicyclic amines) is 1. The Morgan fingerprint density at radius 1 is 1.55 bits per heavy atom. The first-order valence-electron chi connectivity index (χ1n) is 6.99. The molecule has 1 fully saturated rings. The van der Waals surface area contributed by atoms with Crippen LogP contribution in [0.25, 0.3) is 0 Å². The third kappa shape index (κ3) is 4.54. The predicted molar refractivity (Wildman–Crippen MR) is 82.0 cm³/mol. The summed E-state index contributed by atoms with van der Waals surface area (Å²) in [5.74, 6) is 0.203. The Morgan fingerprint density at radius 2 is 2.40 bits per heavy atom. The average Bonchev–Trinajstić information content (AvgIpc) is 2.47. The molecule has 20 heavy (non-hydrogen) atoms. The molecule has 2 rings (SSSR count). The normalized spacial score (nSPS) is 19.8. The van der Waals surface area contributed by atoms with Gasteiger partial charge in [0.15, 0.2) is 0 Å². The summed E-state index contributed by atoms with van der Waals surface area (Å²) in [6.45, 7) is 3.68. The van der Waals surface area contributed by atoms with Crippen LogP contribution in [-0.2, 0) is 11.3 Å². The van der Waals surface area contributed by atoms with Crippen LogP contribution in [0.1, 0.15) is 18.5 Å². The first kappa shape index (κ1) is 15.4. The number of nitrogens with two attached hydrogens (primary N) is 1. The summed E-state index contributed by atoms with van der Waals surface area (Å²) in [5, 5.41) is 2.88. The lowest BCUT2D eigenvalue weighted by Gasteiger charge is -2.31. The van der Waals surface area contributed by atoms with Crippen LogP contribution in [0.15, 0.2) is 22.8 Å². The summed E-state index contributed by atoms with van der Waals surface area (Å²) in [5.41, 5.74) is 6.45. The molecule has 0 saturated carbocycles. The molecule has 1 unspecified atom stereocenters. The predicted octanol–water partition coefficient (Wildman–Crippen LogP) is 1.13. The van der Waals surface area contributed by atoms with Gasteiger partial charge in [0.1, 0.15) is 0 Å². The lowest BCUT2D eigenvalue weighted by molar-refractivity contribution is -0.126. The quantitative estimate of drug-likeness (QED) is 0.842. The molecule has 0 spiro atoms. The van der Waals surface area contributed by atoms with Crippen LogP contribution in [0.5, 0.6) is 0 Å². The van der Waals surface area contributed by atoms with Crippen molar-refractivity contribution in [3.8, 4) is 0 Å². The molecule has 1 saturated heterocycles. The number of nitrogens with zero attached hydrogens (tertiary/aromatic N) is 2. The van der Waals surface area contributed by atoms with Gasteiger partial charge in [0.25, 0.3) is 0 Å². The van der Waals surface area contributed by atoms with Crippen molar-refractivity contribution in [1.82, 2.24) is 15.2 Å². The smallest absolute Gasteiger partial charge is 0.224 e. The Bertz CT molecular complexity index is 437. The summed E-state index contributed by atoms with van der Waals surface area (Å²) < 4.78 is 0.985. The molecule has 1 atom stereocenters. The van der Waals surface area contributed by atoms with Crippen LogP contribution < -0.4 is 11.1 Å². The summed E-state index contributed by atoms with van der Waals surface area (Å²) in [6.07, 6.45) is 3.82. The van der Waals surface area contributed by atoms with Gasteiger partial charge in [-0.05, 0) is 47.4 Å². The monoisotopic (exact) mass is 340 g/mol. The van der Waals surface area contributed by atoms with Crippen LogP contribution in [0.3, 0.4) is 0 Å². The third-order valence-electron chi connectivity index (χ3n) is 3.49. The van der Waals surface area contributed by atoms with Crippen molar-refractivity contribution in [2.24, 2.45) is 11.7 Å². The van der Waals surface area contributed by atoms with Crippen molar-refractivity contribution in [3.05, 3.63) is 28.5 Å². The van der Waals surface area contributed by atoms with Crippen LogP contribution in [-0.4, -0.2) is 42.0 Å². The molecule has 0 radical (unpaired) electrons. The zero-order chi connectivity index (χ0) is 14.4. The maximum atomic E-state index is 12.0. The zero-order valence-corrected chi connectivity index (χ0v) is 13.1. The van der Waals surface area contributed by atoms with Gasteiger partial charge in [-0.2, -0.15) is 0 Å². The van der Waals surface area contributed by atoms with Gasteiger partial charge in [-0.25, -0.2) is 0 Å². The Labute approximate surface area is 128 Å². The van der Waals surface area contributed by atoms with Crippen LogP contribution >= 0.6 is 15.9 Å². The van der Waals surface area contributed by atoms with Crippen molar-refractivity contribution in [2.45, 2.75) is 19.4 Å². The molecule has 1 aliphatic rings. The number of carbonyl (C=O) groups excluding carboxylic acids is 1.